The maximum atomic E-state index is 12.5. The van der Waals surface area contributed by atoms with Crippen LogP contribution in [0.15, 0.2) is 82.0 Å². The Morgan fingerprint density at radius 3 is 2.24 bits per heavy atom. The van der Waals surface area contributed by atoms with Gasteiger partial charge in [-0.1, -0.05) is 12.1 Å². The molecule has 0 atom stereocenters. The van der Waals surface area contributed by atoms with Crippen LogP contribution in [0.5, 0.6) is 0 Å². The third-order valence-corrected chi connectivity index (χ3v) is 4.70. The van der Waals surface area contributed by atoms with E-state index in [0.29, 0.717) is 22.4 Å². The van der Waals surface area contributed by atoms with E-state index in [-0.39, 0.29) is 22.5 Å². The number of nitro benzene ring substituents is 2. The van der Waals surface area contributed by atoms with Crippen molar-refractivity contribution in [2.75, 3.05) is 10.6 Å². The van der Waals surface area contributed by atoms with Crippen molar-refractivity contribution in [2.45, 2.75) is 0 Å². The lowest BCUT2D eigenvalue weighted by atomic mass is 10.1. The number of anilines is 3. The number of amides is 1. The van der Waals surface area contributed by atoms with Crippen LogP contribution < -0.4 is 16.3 Å². The SMILES string of the molecule is O=C(Nc1ccc(Nc2cc(=O)oc3ccc([N+](=O)[O-])cc23)cc1)c1ccccc1[N+](=O)[O-]. The number of carbonyl (C=O) groups is 1. The maximum absolute atomic E-state index is 12.5. The van der Waals surface area contributed by atoms with Crippen molar-refractivity contribution >= 4 is 45.3 Å². The van der Waals surface area contributed by atoms with Crippen LogP contribution in [0.1, 0.15) is 10.4 Å². The van der Waals surface area contributed by atoms with Gasteiger partial charge in [0.15, 0.2) is 0 Å². The van der Waals surface area contributed by atoms with Crippen LogP contribution in [0.4, 0.5) is 28.4 Å². The average molecular weight is 446 g/mol. The summed E-state index contributed by atoms with van der Waals surface area (Å²) < 4.78 is 5.09. The number of fused-ring (bicyclic) bond motifs is 1. The molecule has 1 heterocycles. The zero-order valence-corrected chi connectivity index (χ0v) is 16.7. The zero-order chi connectivity index (χ0) is 23.5. The highest BCUT2D eigenvalue weighted by molar-refractivity contribution is 6.07. The Morgan fingerprint density at radius 2 is 1.55 bits per heavy atom. The van der Waals surface area contributed by atoms with Gasteiger partial charge in [0.05, 0.1) is 15.5 Å². The molecule has 1 amide bonds. The molecule has 164 valence electrons. The van der Waals surface area contributed by atoms with Gasteiger partial charge in [-0.25, -0.2) is 4.79 Å². The van der Waals surface area contributed by atoms with E-state index >= 15 is 0 Å². The van der Waals surface area contributed by atoms with Gasteiger partial charge >= 0.3 is 5.63 Å². The van der Waals surface area contributed by atoms with Crippen molar-refractivity contribution in [3.05, 3.63) is 109 Å². The first-order chi connectivity index (χ1) is 15.8. The van der Waals surface area contributed by atoms with Gasteiger partial charge in [-0.15, -0.1) is 0 Å². The molecule has 3 aromatic carbocycles. The van der Waals surface area contributed by atoms with Crippen LogP contribution in [-0.4, -0.2) is 15.8 Å². The van der Waals surface area contributed by atoms with E-state index in [4.69, 9.17) is 4.42 Å². The molecule has 0 bridgehead atoms. The third-order valence-electron chi connectivity index (χ3n) is 4.70. The second-order valence-electron chi connectivity index (χ2n) is 6.85. The summed E-state index contributed by atoms with van der Waals surface area (Å²) in [4.78, 5) is 45.3. The van der Waals surface area contributed by atoms with Crippen LogP contribution in [-0.2, 0) is 0 Å². The zero-order valence-electron chi connectivity index (χ0n) is 16.7. The number of nitrogens with one attached hydrogen (secondary N) is 2. The Bertz CT molecular complexity index is 1460. The van der Waals surface area contributed by atoms with E-state index in [1.165, 1.54) is 48.5 Å². The minimum absolute atomic E-state index is 0.0752. The van der Waals surface area contributed by atoms with Crippen molar-refractivity contribution in [3.8, 4) is 0 Å². The Balaban J connectivity index is 1.57. The van der Waals surface area contributed by atoms with Crippen molar-refractivity contribution in [1.29, 1.82) is 0 Å². The molecular weight excluding hydrogens is 432 g/mol. The van der Waals surface area contributed by atoms with E-state index in [9.17, 15) is 29.8 Å². The van der Waals surface area contributed by atoms with Crippen molar-refractivity contribution < 1.29 is 19.1 Å². The van der Waals surface area contributed by atoms with E-state index in [0.717, 1.165) is 0 Å². The molecule has 0 saturated carbocycles. The van der Waals surface area contributed by atoms with Gasteiger partial charge in [-0.3, -0.25) is 25.0 Å². The minimum atomic E-state index is -0.637. The fourth-order valence-corrected chi connectivity index (χ4v) is 3.18. The van der Waals surface area contributed by atoms with Gasteiger partial charge < -0.3 is 15.1 Å². The fraction of sp³-hybridized carbons (Fsp3) is 0. The smallest absolute Gasteiger partial charge is 0.338 e. The van der Waals surface area contributed by atoms with Gasteiger partial charge in [0.2, 0.25) is 0 Å². The number of non-ortho nitro benzene ring substituents is 1. The summed E-state index contributed by atoms with van der Waals surface area (Å²) in [7, 11) is 0. The molecule has 0 fully saturated rings. The molecule has 0 aliphatic rings. The quantitative estimate of drug-likeness (QED) is 0.247. The number of rotatable bonds is 6. The van der Waals surface area contributed by atoms with Crippen LogP contribution in [0, 0.1) is 20.2 Å². The summed E-state index contributed by atoms with van der Waals surface area (Å²) in [6, 6.07) is 17.0. The molecule has 0 aliphatic carbocycles. The van der Waals surface area contributed by atoms with Gasteiger partial charge in [-0.05, 0) is 36.4 Å². The van der Waals surface area contributed by atoms with Crippen LogP contribution in [0.3, 0.4) is 0 Å². The Hall–Kier alpha value is -5.06. The first kappa shape index (κ1) is 21.2. The van der Waals surface area contributed by atoms with Gasteiger partial charge in [0, 0.05) is 41.0 Å². The number of nitro groups is 2. The fourth-order valence-electron chi connectivity index (χ4n) is 3.18. The molecule has 0 aliphatic heterocycles. The summed E-state index contributed by atoms with van der Waals surface area (Å²) in [6.45, 7) is 0. The van der Waals surface area contributed by atoms with Crippen molar-refractivity contribution in [1.82, 2.24) is 0 Å². The van der Waals surface area contributed by atoms with Crippen molar-refractivity contribution in [3.63, 3.8) is 0 Å². The van der Waals surface area contributed by atoms with E-state index in [2.05, 4.69) is 10.6 Å². The Kier molecular flexibility index (Phi) is 5.51. The topological polar surface area (TPSA) is 158 Å². The first-order valence-corrected chi connectivity index (χ1v) is 9.46. The summed E-state index contributed by atoms with van der Waals surface area (Å²) >= 11 is 0. The predicted molar refractivity (Wildman–Crippen MR) is 120 cm³/mol. The predicted octanol–water partition coefficient (Wildman–Crippen LogP) is 4.61. The second-order valence-corrected chi connectivity index (χ2v) is 6.85. The van der Waals surface area contributed by atoms with E-state index in [1.54, 1.807) is 24.3 Å². The molecule has 0 saturated heterocycles. The lowest BCUT2D eigenvalue weighted by Gasteiger charge is -2.10. The minimum Gasteiger partial charge on any atom is -0.423 e. The van der Waals surface area contributed by atoms with Crippen LogP contribution in [0.25, 0.3) is 11.0 Å². The van der Waals surface area contributed by atoms with Crippen LogP contribution in [0.2, 0.25) is 0 Å². The monoisotopic (exact) mass is 446 g/mol. The van der Waals surface area contributed by atoms with Gasteiger partial charge in [0.1, 0.15) is 11.1 Å². The third kappa shape index (κ3) is 4.51. The molecule has 4 rings (SSSR count). The highest BCUT2D eigenvalue weighted by Gasteiger charge is 2.19. The second kappa shape index (κ2) is 8.59. The Morgan fingerprint density at radius 1 is 0.848 bits per heavy atom. The molecule has 1 aromatic heterocycles. The molecule has 11 nitrogen and oxygen atoms in total. The van der Waals surface area contributed by atoms with Gasteiger partial charge in [-0.2, -0.15) is 0 Å². The number of carbonyl (C=O) groups excluding carboxylic acids is 1. The molecule has 0 unspecified atom stereocenters. The number of benzene rings is 3. The molecule has 4 aromatic rings. The highest BCUT2D eigenvalue weighted by atomic mass is 16.6. The number of para-hydroxylation sites is 1. The molecular formula is C22H14N4O7. The standard InChI is InChI=1S/C22H14N4O7/c27-21-12-18(17-11-15(25(29)30)9-10-20(17)33-21)23-13-5-7-14(8-6-13)24-22(28)16-3-1-2-4-19(16)26(31)32/h1-12,23H,(H,24,28). The molecule has 33 heavy (non-hydrogen) atoms. The lowest BCUT2D eigenvalue weighted by molar-refractivity contribution is -0.385. The van der Waals surface area contributed by atoms with E-state index < -0.39 is 21.4 Å². The molecule has 0 radical (unpaired) electrons. The highest BCUT2D eigenvalue weighted by Crippen LogP contribution is 2.29. The summed E-state index contributed by atoms with van der Waals surface area (Å²) in [5.41, 5.74) is 0.227. The van der Waals surface area contributed by atoms with Crippen LogP contribution >= 0.6 is 0 Å². The number of hydrogen-bond donors (Lipinski definition) is 2. The molecule has 2 N–H and O–H groups in total. The first-order valence-electron chi connectivity index (χ1n) is 9.46. The number of nitrogens with zero attached hydrogens (tertiary/aromatic N) is 2. The molecule has 11 heteroatoms. The Labute approximate surface area is 184 Å². The lowest BCUT2D eigenvalue weighted by Crippen LogP contribution is -2.13. The summed E-state index contributed by atoms with van der Waals surface area (Å²) in [5.74, 6) is -0.637. The average Bonchev–Trinajstić information content (AvgIpc) is 2.79. The van der Waals surface area contributed by atoms with Gasteiger partial charge in [0.25, 0.3) is 17.3 Å². The number of hydrogen-bond acceptors (Lipinski definition) is 8. The van der Waals surface area contributed by atoms with E-state index in [1.807, 2.05) is 0 Å². The summed E-state index contributed by atoms with van der Waals surface area (Å²) in [5, 5.41) is 28.2. The van der Waals surface area contributed by atoms with Crippen molar-refractivity contribution in [2.24, 2.45) is 0 Å². The summed E-state index contributed by atoms with van der Waals surface area (Å²) in [6.07, 6.45) is 0. The molecule has 0 spiro atoms. The normalized spacial score (nSPS) is 10.5. The maximum Gasteiger partial charge on any atom is 0.338 e. The largest absolute Gasteiger partial charge is 0.423 e.